The highest BCUT2D eigenvalue weighted by atomic mass is 32.3. The lowest BCUT2D eigenvalue weighted by atomic mass is 10.0. The molecular formula is C13H11NO2S. The second-order valence-electron chi connectivity index (χ2n) is 3.85. The zero-order valence-corrected chi connectivity index (χ0v) is 9.76. The molecule has 0 amide bonds. The zero-order chi connectivity index (χ0) is 11.9. The molecule has 0 saturated carbocycles. The minimum absolute atomic E-state index is 0.596. The topological polar surface area (TPSA) is 53.4 Å². The van der Waals surface area contributed by atoms with Crippen LogP contribution in [0.4, 0.5) is 0 Å². The van der Waals surface area contributed by atoms with Gasteiger partial charge in [0.2, 0.25) is 0 Å². The molecule has 0 aliphatic carbocycles. The smallest absolute Gasteiger partial charge is 0.0709 e. The largest absolute Gasteiger partial charge is 0.291 e. The van der Waals surface area contributed by atoms with E-state index in [1.165, 1.54) is 5.41 Å². The Balaban J connectivity index is 2.22. The van der Waals surface area contributed by atoms with Gasteiger partial charge in [-0.15, -0.1) is 10.6 Å². The number of fused-ring (bicyclic) bond motifs is 1. The molecular weight excluding hydrogens is 234 g/mol. The molecule has 1 aromatic heterocycles. The van der Waals surface area contributed by atoms with Crippen LogP contribution in [0.1, 0.15) is 5.56 Å². The molecule has 1 aliphatic heterocycles. The fourth-order valence-electron chi connectivity index (χ4n) is 1.99. The van der Waals surface area contributed by atoms with E-state index in [0.29, 0.717) is 4.90 Å². The van der Waals surface area contributed by atoms with Crippen LogP contribution in [0.15, 0.2) is 53.0 Å². The molecule has 3 nitrogen and oxygen atoms in total. The molecule has 2 aromatic rings. The minimum Gasteiger partial charge on any atom is -0.291 e. The second-order valence-corrected chi connectivity index (χ2v) is 5.75. The first-order valence-electron chi connectivity index (χ1n) is 5.18. The van der Waals surface area contributed by atoms with Gasteiger partial charge >= 0.3 is 0 Å². The van der Waals surface area contributed by atoms with Crippen LogP contribution in [0.3, 0.4) is 0 Å². The summed E-state index contributed by atoms with van der Waals surface area (Å²) in [6.07, 6.45) is 5.26. The summed E-state index contributed by atoms with van der Waals surface area (Å²) in [4.78, 5) is 4.68. The minimum atomic E-state index is -2.74. The molecule has 1 aromatic carbocycles. The third-order valence-corrected chi connectivity index (χ3v) is 4.31. The van der Waals surface area contributed by atoms with E-state index in [2.05, 4.69) is 4.98 Å². The van der Waals surface area contributed by atoms with E-state index in [9.17, 15) is 9.11 Å². The second kappa shape index (κ2) is 3.70. The highest BCUT2D eigenvalue weighted by molar-refractivity contribution is 8.27. The summed E-state index contributed by atoms with van der Waals surface area (Å²) in [5.74, 6) is 0. The van der Waals surface area contributed by atoms with Crippen LogP contribution < -0.4 is 0 Å². The Morgan fingerprint density at radius 1 is 1.06 bits per heavy atom. The Labute approximate surface area is 101 Å². The summed E-state index contributed by atoms with van der Waals surface area (Å²) in [5, 5.41) is 1.47. The van der Waals surface area contributed by atoms with E-state index in [1.54, 1.807) is 24.5 Å². The molecule has 3 rings (SSSR count). The third kappa shape index (κ3) is 1.67. The van der Waals surface area contributed by atoms with Crippen molar-refractivity contribution in [1.82, 2.24) is 4.98 Å². The van der Waals surface area contributed by atoms with Crippen LogP contribution in [0.5, 0.6) is 0 Å². The number of nitrogens with zero attached hydrogens (tertiary/aromatic N) is 1. The van der Waals surface area contributed by atoms with Crippen molar-refractivity contribution in [2.45, 2.75) is 4.90 Å². The first-order chi connectivity index (χ1) is 8.18. The lowest BCUT2D eigenvalue weighted by Gasteiger charge is -2.25. The first kappa shape index (κ1) is 10.5. The monoisotopic (exact) mass is 245 g/mol. The fraction of sp³-hybridized carbons (Fsp3) is 0. The van der Waals surface area contributed by atoms with Gasteiger partial charge in [0.05, 0.1) is 4.90 Å². The van der Waals surface area contributed by atoms with Gasteiger partial charge in [-0.1, -0.05) is 18.2 Å². The normalized spacial score (nSPS) is 17.8. The van der Waals surface area contributed by atoms with Crippen molar-refractivity contribution in [3.63, 3.8) is 0 Å². The highest BCUT2D eigenvalue weighted by Gasteiger charge is 2.23. The fourth-order valence-corrected chi connectivity index (χ4v) is 3.24. The van der Waals surface area contributed by atoms with Gasteiger partial charge in [0.15, 0.2) is 0 Å². The number of hydrogen-bond donors (Lipinski definition) is 2. The standard InChI is InChI=1S/C13H11NO2S/c15-17(16)8-6-12-11(4-1-5-13(12)17)10-3-2-7-14-9-10/h1-9,15-16H. The molecule has 17 heavy (non-hydrogen) atoms. The van der Waals surface area contributed by atoms with E-state index in [-0.39, 0.29) is 0 Å². The van der Waals surface area contributed by atoms with Crippen LogP contribution in [0.25, 0.3) is 17.2 Å². The maximum absolute atomic E-state index is 9.85. The summed E-state index contributed by atoms with van der Waals surface area (Å²) in [6.45, 7) is 0. The highest BCUT2D eigenvalue weighted by Crippen LogP contribution is 2.57. The van der Waals surface area contributed by atoms with Crippen molar-refractivity contribution in [2.24, 2.45) is 0 Å². The summed E-state index contributed by atoms with van der Waals surface area (Å²) in [5.41, 5.74) is 2.83. The molecule has 0 unspecified atom stereocenters. The molecule has 0 radical (unpaired) electrons. The Kier molecular flexibility index (Phi) is 2.29. The van der Waals surface area contributed by atoms with Gasteiger partial charge < -0.3 is 0 Å². The van der Waals surface area contributed by atoms with Crippen molar-refractivity contribution in [3.8, 4) is 11.1 Å². The molecule has 0 saturated heterocycles. The zero-order valence-electron chi connectivity index (χ0n) is 8.95. The first-order valence-corrected chi connectivity index (χ1v) is 6.79. The van der Waals surface area contributed by atoms with Crippen LogP contribution >= 0.6 is 10.6 Å². The summed E-state index contributed by atoms with van der Waals surface area (Å²) in [7, 11) is -2.74. The average molecular weight is 245 g/mol. The van der Waals surface area contributed by atoms with Crippen molar-refractivity contribution >= 4 is 16.7 Å². The van der Waals surface area contributed by atoms with E-state index in [0.717, 1.165) is 16.7 Å². The number of benzene rings is 1. The van der Waals surface area contributed by atoms with E-state index in [1.807, 2.05) is 24.3 Å². The quantitative estimate of drug-likeness (QED) is 0.802. The maximum atomic E-state index is 9.85. The molecule has 0 spiro atoms. The molecule has 0 bridgehead atoms. The predicted molar refractivity (Wildman–Crippen MR) is 69.8 cm³/mol. The van der Waals surface area contributed by atoms with Gasteiger partial charge in [-0.3, -0.25) is 14.1 Å². The van der Waals surface area contributed by atoms with Crippen molar-refractivity contribution in [2.75, 3.05) is 0 Å². The number of aromatic nitrogens is 1. The number of pyridine rings is 1. The average Bonchev–Trinajstić information content (AvgIpc) is 2.67. The summed E-state index contributed by atoms with van der Waals surface area (Å²) in [6, 6.07) is 9.37. The molecule has 2 N–H and O–H groups in total. The van der Waals surface area contributed by atoms with Gasteiger partial charge in [-0.25, -0.2) is 0 Å². The third-order valence-electron chi connectivity index (χ3n) is 2.79. The van der Waals surface area contributed by atoms with Gasteiger partial charge in [-0.05, 0) is 23.8 Å². The number of rotatable bonds is 1. The van der Waals surface area contributed by atoms with Crippen LogP contribution in [0.2, 0.25) is 0 Å². The van der Waals surface area contributed by atoms with E-state index >= 15 is 0 Å². The Bertz CT molecular complexity index is 594. The molecule has 4 heteroatoms. The number of hydrogen-bond acceptors (Lipinski definition) is 3. The van der Waals surface area contributed by atoms with E-state index < -0.39 is 10.6 Å². The lowest BCUT2D eigenvalue weighted by Crippen LogP contribution is -1.93. The molecule has 1 aliphatic rings. The summed E-state index contributed by atoms with van der Waals surface area (Å²) >= 11 is 0. The molecule has 0 fully saturated rings. The van der Waals surface area contributed by atoms with Crippen LogP contribution in [-0.4, -0.2) is 14.1 Å². The SMILES string of the molecule is OS1(O)C=Cc2c(-c3cccnc3)cccc21. The van der Waals surface area contributed by atoms with Crippen molar-refractivity contribution in [1.29, 1.82) is 0 Å². The van der Waals surface area contributed by atoms with Gasteiger partial charge in [0, 0.05) is 28.9 Å². The predicted octanol–water partition coefficient (Wildman–Crippen LogP) is 3.84. The Hall–Kier alpha value is -1.62. The maximum Gasteiger partial charge on any atom is 0.0709 e. The van der Waals surface area contributed by atoms with Gasteiger partial charge in [-0.2, -0.15) is 0 Å². The molecule has 86 valence electrons. The molecule has 0 atom stereocenters. The summed E-state index contributed by atoms with van der Waals surface area (Å²) < 4.78 is 19.7. The van der Waals surface area contributed by atoms with Crippen LogP contribution in [0, 0.1) is 0 Å². The van der Waals surface area contributed by atoms with E-state index in [4.69, 9.17) is 0 Å². The van der Waals surface area contributed by atoms with Crippen molar-refractivity contribution < 1.29 is 9.11 Å². The molecule has 2 heterocycles. The van der Waals surface area contributed by atoms with Crippen LogP contribution in [-0.2, 0) is 0 Å². The Morgan fingerprint density at radius 2 is 1.94 bits per heavy atom. The van der Waals surface area contributed by atoms with Crippen molar-refractivity contribution in [3.05, 3.63) is 53.7 Å². The van der Waals surface area contributed by atoms with Gasteiger partial charge in [0.25, 0.3) is 0 Å². The lowest BCUT2D eigenvalue weighted by molar-refractivity contribution is 0.501. The Morgan fingerprint density at radius 3 is 2.71 bits per heavy atom. The van der Waals surface area contributed by atoms with Gasteiger partial charge in [0.1, 0.15) is 0 Å².